The van der Waals surface area contributed by atoms with Crippen molar-refractivity contribution in [3.63, 3.8) is 0 Å². The normalized spacial score (nSPS) is 19.3. The molecule has 2 aliphatic rings. The van der Waals surface area contributed by atoms with Gasteiger partial charge in [0, 0.05) is 23.0 Å². The minimum atomic E-state index is -1.00. The van der Waals surface area contributed by atoms with Crippen LogP contribution in [0.5, 0.6) is 23.0 Å². The maximum absolute atomic E-state index is 11.3. The highest BCUT2D eigenvalue weighted by molar-refractivity contribution is 5.73. The molecule has 0 fully saturated rings. The maximum atomic E-state index is 11.3. The number of aromatic nitrogens is 4. The number of alkyl halides is 1. The number of H-pyrrole nitrogens is 1. The zero-order valence-electron chi connectivity index (χ0n) is 34.7. The van der Waals surface area contributed by atoms with Gasteiger partial charge in [-0.2, -0.15) is 10.5 Å². The van der Waals surface area contributed by atoms with Gasteiger partial charge in [0.25, 0.3) is 0 Å². The fraction of sp³-hybridized carbons (Fsp3) is 0.511. The van der Waals surface area contributed by atoms with Crippen LogP contribution in [0.3, 0.4) is 0 Å². The topological polar surface area (TPSA) is 159 Å². The van der Waals surface area contributed by atoms with E-state index in [1.54, 1.807) is 12.1 Å². The van der Waals surface area contributed by atoms with Crippen molar-refractivity contribution in [3.05, 3.63) is 87.6 Å². The van der Waals surface area contributed by atoms with Crippen LogP contribution in [0.15, 0.2) is 59.7 Å². The van der Waals surface area contributed by atoms with E-state index in [9.17, 15) is 30.1 Å². The van der Waals surface area contributed by atoms with E-state index in [1.165, 1.54) is 11.1 Å². The third kappa shape index (κ3) is 10.9. The fourth-order valence-corrected chi connectivity index (χ4v) is 8.08. The van der Waals surface area contributed by atoms with Crippen LogP contribution in [-0.4, -0.2) is 48.2 Å². The van der Waals surface area contributed by atoms with E-state index in [0.717, 1.165) is 92.9 Å². The Balaban J connectivity index is 0.000000282. The van der Waals surface area contributed by atoms with Crippen molar-refractivity contribution in [2.24, 2.45) is 11.8 Å². The van der Waals surface area contributed by atoms with Crippen LogP contribution in [0.4, 0.5) is 4.39 Å². The lowest BCUT2D eigenvalue weighted by Crippen LogP contribution is -2.17. The molecule has 1 aromatic heterocycles. The highest BCUT2D eigenvalue weighted by atomic mass is 19.1. The second kappa shape index (κ2) is 21.3. The first-order chi connectivity index (χ1) is 26.7. The maximum Gasteiger partial charge on any atom is 0.208 e. The summed E-state index contributed by atoms with van der Waals surface area (Å²) in [7, 11) is -1.00. The zero-order chi connectivity index (χ0) is 41.5. The largest absolute Gasteiger partial charge is 0.507 e. The summed E-state index contributed by atoms with van der Waals surface area (Å²) in [4.78, 5) is 0. The number of rotatable bonds is 13. The minimum absolute atomic E-state index is 0.0510. The lowest BCUT2D eigenvalue weighted by molar-refractivity contribution is 0.404. The molecule has 9 nitrogen and oxygen atoms in total. The van der Waals surface area contributed by atoms with Crippen LogP contribution in [0.25, 0.3) is 11.4 Å². The van der Waals surface area contributed by atoms with Gasteiger partial charge in [-0.05, 0) is 119 Å². The van der Waals surface area contributed by atoms with E-state index < -0.39 is 7.15 Å². The Morgan fingerprint density at radius 3 is 1.76 bits per heavy atom. The zero-order valence-corrected chi connectivity index (χ0v) is 33.7. The number of nitrogens with one attached hydrogen (secondary N) is 1. The van der Waals surface area contributed by atoms with Gasteiger partial charge in [-0.25, -0.2) is 0 Å². The number of aromatic hydroxyl groups is 4. The van der Waals surface area contributed by atoms with Crippen molar-refractivity contribution in [2.75, 3.05) is 7.15 Å². The average Bonchev–Trinajstić information content (AvgIpc) is 3.67. The second-order valence-corrected chi connectivity index (χ2v) is 15.2. The number of aryl methyl sites for hydroxylation is 2. The Bertz CT molecular complexity index is 1900. The molecule has 3 aromatic rings. The molecule has 0 saturated heterocycles. The van der Waals surface area contributed by atoms with Gasteiger partial charge in [0.15, 0.2) is 0 Å². The average molecular weight is 757 g/mol. The molecule has 0 aliphatic heterocycles. The summed E-state index contributed by atoms with van der Waals surface area (Å²) in [5, 5.41) is 67.5. The smallest absolute Gasteiger partial charge is 0.208 e. The van der Waals surface area contributed by atoms with Gasteiger partial charge in [0.05, 0.1) is 19.7 Å². The van der Waals surface area contributed by atoms with Gasteiger partial charge >= 0.3 is 0 Å². The SMILES string of the molecule is C=C(C)C1CCC(C)=CC1c1c(O)cc(CCCCC)c(-c2nn[nH]n2)c1O.C=C(C)C1CCC(C)=CC1c1c(O)cc(CCCCC)c(C#N)c1O.[2H]CF. The van der Waals surface area contributed by atoms with Gasteiger partial charge in [-0.1, -0.05) is 87.1 Å². The molecule has 2 aromatic carbocycles. The molecule has 0 radical (unpaired) electrons. The summed E-state index contributed by atoms with van der Waals surface area (Å²) in [5.41, 5.74) is 8.06. The van der Waals surface area contributed by atoms with Crippen LogP contribution in [0.1, 0.15) is 147 Å². The van der Waals surface area contributed by atoms with Gasteiger partial charge in [0.2, 0.25) is 5.82 Å². The molecule has 0 bridgehead atoms. The van der Waals surface area contributed by atoms with Crippen molar-refractivity contribution in [3.8, 4) is 40.5 Å². The summed E-state index contributed by atoms with van der Waals surface area (Å²) in [5.74, 6) is 0.635. The number of halogens is 1. The quantitative estimate of drug-likeness (QED) is 0.0851. The van der Waals surface area contributed by atoms with Crippen molar-refractivity contribution in [2.45, 2.75) is 130 Å². The number of aromatic amines is 1. The first kappa shape index (κ1) is 42.8. The number of unbranched alkanes of at least 4 members (excludes halogenated alkanes) is 4. The first-order valence-corrected chi connectivity index (χ1v) is 19.6. The molecule has 0 spiro atoms. The first-order valence-electron chi connectivity index (χ1n) is 20.3. The van der Waals surface area contributed by atoms with Crippen LogP contribution in [-0.2, 0) is 12.8 Å². The van der Waals surface area contributed by atoms with Crippen LogP contribution in [0.2, 0.25) is 0 Å². The fourth-order valence-electron chi connectivity index (χ4n) is 8.08. The van der Waals surface area contributed by atoms with E-state index in [4.69, 9.17) is 1.37 Å². The molecule has 1 heterocycles. The highest BCUT2D eigenvalue weighted by Crippen LogP contribution is 2.50. The molecule has 10 heteroatoms. The number of benzene rings is 2. The van der Waals surface area contributed by atoms with Crippen molar-refractivity contribution >= 4 is 0 Å². The standard InChI is InChI=1S/C22H30N4O2.C22H29NO2.CH3F/c1-5-6-7-8-15-12-18(27)20(21(28)19(15)22-23-25-26-24-22)17-11-14(4)9-10-16(17)13(2)3;1-5-6-7-8-16-12-20(24)21(22(25)19(16)13-23)18-11-15(4)9-10-17(18)14(2)3;1-2/h11-12,16-17,27-28H,2,5-10H2,1,3-4H3,(H,23,24,25,26);11-12,17-18,24-25H,2,5-10H2,1,3-4H3;1H3/i;;1D. The molecule has 4 unspecified atom stereocenters. The number of tetrazole rings is 1. The molecule has 4 atom stereocenters. The summed E-state index contributed by atoms with van der Waals surface area (Å²) in [6.07, 6.45) is 15.8. The summed E-state index contributed by atoms with van der Waals surface area (Å²) in [6.45, 7) is 20.7. The van der Waals surface area contributed by atoms with Gasteiger partial charge < -0.3 is 20.4 Å². The van der Waals surface area contributed by atoms with Crippen LogP contribution >= 0.6 is 0 Å². The summed E-state index contributed by atoms with van der Waals surface area (Å²) >= 11 is 0. The van der Waals surface area contributed by atoms with Gasteiger partial charge in [-0.15, -0.1) is 10.2 Å². The van der Waals surface area contributed by atoms with E-state index in [0.29, 0.717) is 34.5 Å². The van der Waals surface area contributed by atoms with Gasteiger partial charge in [0.1, 0.15) is 29.1 Å². The van der Waals surface area contributed by atoms with Gasteiger partial charge in [-0.3, -0.25) is 4.39 Å². The Morgan fingerprint density at radius 2 is 1.33 bits per heavy atom. The lowest BCUT2D eigenvalue weighted by Gasteiger charge is -2.32. The molecular formula is C45H62FN5O4. The molecule has 0 saturated carbocycles. The predicted octanol–water partition coefficient (Wildman–Crippen LogP) is 11.3. The van der Waals surface area contributed by atoms with E-state index in [-0.39, 0.29) is 46.7 Å². The number of hydrogen-bond acceptors (Lipinski definition) is 8. The van der Waals surface area contributed by atoms with Crippen molar-refractivity contribution in [1.29, 1.82) is 5.26 Å². The van der Waals surface area contributed by atoms with Crippen LogP contribution in [0, 0.1) is 23.2 Å². The molecule has 55 heavy (non-hydrogen) atoms. The Kier molecular flexibility index (Phi) is 16.5. The monoisotopic (exact) mass is 756 g/mol. The molecule has 2 aliphatic carbocycles. The number of phenols is 4. The Labute approximate surface area is 328 Å². The van der Waals surface area contributed by atoms with Crippen molar-refractivity contribution < 1.29 is 26.2 Å². The number of hydrogen-bond donors (Lipinski definition) is 5. The third-order valence-corrected chi connectivity index (χ3v) is 11.0. The molecular weight excluding hydrogens is 694 g/mol. The third-order valence-electron chi connectivity index (χ3n) is 11.0. The Hall–Kier alpha value is -4.91. The lowest BCUT2D eigenvalue weighted by atomic mass is 9.73. The minimum Gasteiger partial charge on any atom is -0.507 e. The Morgan fingerprint density at radius 1 is 0.855 bits per heavy atom. The molecule has 0 amide bonds. The predicted molar refractivity (Wildman–Crippen MR) is 219 cm³/mol. The summed E-state index contributed by atoms with van der Waals surface area (Å²) in [6, 6.07) is 5.59. The second-order valence-electron chi connectivity index (χ2n) is 15.2. The van der Waals surface area contributed by atoms with Crippen LogP contribution < -0.4 is 0 Å². The number of allylic oxidation sites excluding steroid dienone is 6. The number of phenolic OH excluding ortho intramolecular Hbond substituents is 4. The van der Waals surface area contributed by atoms with E-state index in [1.807, 2.05) is 13.8 Å². The number of nitrogens with zero attached hydrogens (tertiary/aromatic N) is 4. The van der Waals surface area contributed by atoms with E-state index in [2.05, 4.69) is 79.7 Å². The van der Waals surface area contributed by atoms with E-state index >= 15 is 0 Å². The van der Waals surface area contributed by atoms with Crippen molar-refractivity contribution in [1.82, 2.24) is 20.6 Å². The highest BCUT2D eigenvalue weighted by Gasteiger charge is 2.34. The summed E-state index contributed by atoms with van der Waals surface area (Å²) < 4.78 is 15.5. The molecule has 5 rings (SSSR count). The molecule has 5 N–H and O–H groups in total. The number of nitriles is 1. The molecule has 298 valence electrons.